The standard InChI is InChI=1S/C22H32N2O4/c1-22(2,3)28-20(26)13-9-14-23(4)21(27)18-12-8-15-24(18)19(25)16-17-10-6-5-7-11-17/h5-7,10-11,18H,8-9,12-16H2,1-4H3. The molecule has 1 aliphatic heterocycles. The molecule has 0 saturated carbocycles. The molecule has 2 amide bonds. The van der Waals surface area contributed by atoms with E-state index in [4.69, 9.17) is 4.74 Å². The van der Waals surface area contributed by atoms with E-state index in [9.17, 15) is 14.4 Å². The molecule has 1 unspecified atom stereocenters. The molecule has 0 radical (unpaired) electrons. The Morgan fingerprint density at radius 1 is 1.18 bits per heavy atom. The molecule has 1 aromatic rings. The zero-order valence-corrected chi connectivity index (χ0v) is 17.4. The Bertz CT molecular complexity index is 682. The average Bonchev–Trinajstić information content (AvgIpc) is 3.10. The number of rotatable bonds is 7. The van der Waals surface area contributed by atoms with Crippen LogP contribution >= 0.6 is 0 Å². The average molecular weight is 389 g/mol. The molecule has 1 heterocycles. The SMILES string of the molecule is CN(CCCC(=O)OC(C)(C)C)C(=O)C1CCCN1C(=O)Cc1ccccc1. The van der Waals surface area contributed by atoms with E-state index in [0.29, 0.717) is 32.4 Å². The van der Waals surface area contributed by atoms with Gasteiger partial charge in [-0.3, -0.25) is 14.4 Å². The fraction of sp³-hybridized carbons (Fsp3) is 0.591. The van der Waals surface area contributed by atoms with Crippen LogP contribution < -0.4 is 0 Å². The zero-order chi connectivity index (χ0) is 20.7. The van der Waals surface area contributed by atoms with E-state index >= 15 is 0 Å². The lowest BCUT2D eigenvalue weighted by atomic mass is 10.1. The summed E-state index contributed by atoms with van der Waals surface area (Å²) >= 11 is 0. The van der Waals surface area contributed by atoms with E-state index in [1.165, 1.54) is 0 Å². The van der Waals surface area contributed by atoms with Crippen molar-refractivity contribution in [2.75, 3.05) is 20.1 Å². The second-order valence-corrected chi connectivity index (χ2v) is 8.36. The van der Waals surface area contributed by atoms with Crippen LogP contribution in [0.2, 0.25) is 0 Å². The smallest absolute Gasteiger partial charge is 0.306 e. The first-order valence-corrected chi connectivity index (χ1v) is 9.97. The van der Waals surface area contributed by atoms with Gasteiger partial charge in [0.15, 0.2) is 0 Å². The van der Waals surface area contributed by atoms with Crippen LogP contribution in [0.4, 0.5) is 0 Å². The lowest BCUT2D eigenvalue weighted by Gasteiger charge is -2.28. The third-order valence-corrected chi connectivity index (χ3v) is 4.73. The van der Waals surface area contributed by atoms with E-state index in [1.807, 2.05) is 51.1 Å². The molecule has 1 aliphatic rings. The summed E-state index contributed by atoms with van der Waals surface area (Å²) in [5.41, 5.74) is 0.457. The Hall–Kier alpha value is -2.37. The summed E-state index contributed by atoms with van der Waals surface area (Å²) in [7, 11) is 1.73. The van der Waals surface area contributed by atoms with Crippen molar-refractivity contribution >= 4 is 17.8 Å². The third kappa shape index (κ3) is 6.66. The summed E-state index contributed by atoms with van der Waals surface area (Å²) < 4.78 is 5.29. The zero-order valence-electron chi connectivity index (χ0n) is 17.4. The maximum Gasteiger partial charge on any atom is 0.306 e. The largest absolute Gasteiger partial charge is 0.460 e. The van der Waals surface area contributed by atoms with Gasteiger partial charge in [-0.15, -0.1) is 0 Å². The van der Waals surface area contributed by atoms with Gasteiger partial charge in [-0.05, 0) is 45.6 Å². The molecule has 0 N–H and O–H groups in total. The van der Waals surface area contributed by atoms with Crippen LogP contribution in [-0.4, -0.2) is 59.4 Å². The number of hydrogen-bond donors (Lipinski definition) is 0. The summed E-state index contributed by atoms with van der Waals surface area (Å²) in [5.74, 6) is -0.318. The van der Waals surface area contributed by atoms with E-state index in [1.54, 1.807) is 16.8 Å². The van der Waals surface area contributed by atoms with Crippen LogP contribution in [0.1, 0.15) is 52.0 Å². The Kier molecular flexibility index (Phi) is 7.61. The highest BCUT2D eigenvalue weighted by atomic mass is 16.6. The quantitative estimate of drug-likeness (QED) is 0.674. The lowest BCUT2D eigenvalue weighted by Crippen LogP contribution is -2.47. The number of likely N-dealkylation sites (tertiary alicyclic amines) is 1. The van der Waals surface area contributed by atoms with E-state index in [-0.39, 0.29) is 24.2 Å². The fourth-order valence-corrected chi connectivity index (χ4v) is 3.41. The van der Waals surface area contributed by atoms with E-state index in [0.717, 1.165) is 12.0 Å². The third-order valence-electron chi connectivity index (χ3n) is 4.73. The van der Waals surface area contributed by atoms with Gasteiger partial charge in [0.25, 0.3) is 0 Å². The minimum Gasteiger partial charge on any atom is -0.460 e. The predicted octanol–water partition coefficient (Wildman–Crippen LogP) is 2.80. The predicted molar refractivity (Wildman–Crippen MR) is 108 cm³/mol. The molecular weight excluding hydrogens is 356 g/mol. The molecule has 0 aliphatic carbocycles. The summed E-state index contributed by atoms with van der Waals surface area (Å²) in [5, 5.41) is 0. The summed E-state index contributed by atoms with van der Waals surface area (Å²) in [4.78, 5) is 40.7. The van der Waals surface area contributed by atoms with Gasteiger partial charge in [-0.1, -0.05) is 30.3 Å². The molecule has 0 spiro atoms. The normalized spacial score (nSPS) is 16.7. The van der Waals surface area contributed by atoms with Crippen molar-refractivity contribution in [1.29, 1.82) is 0 Å². The molecule has 6 nitrogen and oxygen atoms in total. The molecule has 0 aromatic heterocycles. The number of nitrogens with zero attached hydrogens (tertiary/aromatic N) is 2. The summed E-state index contributed by atoms with van der Waals surface area (Å²) in [6.07, 6.45) is 2.66. The minimum atomic E-state index is -0.498. The Labute approximate surface area is 167 Å². The Morgan fingerprint density at radius 3 is 2.50 bits per heavy atom. The summed E-state index contributed by atoms with van der Waals surface area (Å²) in [6, 6.07) is 9.19. The second kappa shape index (κ2) is 9.71. The number of likely N-dealkylation sites (N-methyl/N-ethyl adjacent to an activating group) is 1. The first-order valence-electron chi connectivity index (χ1n) is 9.97. The van der Waals surface area contributed by atoms with Crippen LogP contribution in [-0.2, 0) is 25.5 Å². The van der Waals surface area contributed by atoms with Gasteiger partial charge in [0.05, 0.1) is 6.42 Å². The number of ether oxygens (including phenoxy) is 1. The molecule has 28 heavy (non-hydrogen) atoms. The van der Waals surface area contributed by atoms with E-state index < -0.39 is 11.6 Å². The van der Waals surface area contributed by atoms with Crippen LogP contribution in [0.5, 0.6) is 0 Å². The van der Waals surface area contributed by atoms with Crippen LogP contribution in [0.15, 0.2) is 30.3 Å². The molecule has 154 valence electrons. The van der Waals surface area contributed by atoms with Crippen LogP contribution in [0, 0.1) is 0 Å². The topological polar surface area (TPSA) is 66.9 Å². The number of carbonyl (C=O) groups excluding carboxylic acids is 3. The maximum atomic E-state index is 12.8. The minimum absolute atomic E-state index is 0.01000. The number of carbonyl (C=O) groups is 3. The van der Waals surface area contributed by atoms with Crippen molar-refractivity contribution in [1.82, 2.24) is 9.80 Å². The van der Waals surface area contributed by atoms with Crippen molar-refractivity contribution in [2.45, 2.75) is 64.5 Å². The molecule has 1 saturated heterocycles. The Balaban J connectivity index is 1.84. The van der Waals surface area contributed by atoms with Gasteiger partial charge in [-0.25, -0.2) is 0 Å². The first-order chi connectivity index (χ1) is 13.2. The molecule has 1 fully saturated rings. The molecule has 0 bridgehead atoms. The molecule has 2 rings (SSSR count). The second-order valence-electron chi connectivity index (χ2n) is 8.36. The molecular formula is C22H32N2O4. The highest BCUT2D eigenvalue weighted by Gasteiger charge is 2.35. The van der Waals surface area contributed by atoms with Gasteiger partial charge in [0, 0.05) is 26.6 Å². The lowest BCUT2D eigenvalue weighted by molar-refractivity contribution is -0.155. The Morgan fingerprint density at radius 2 is 1.86 bits per heavy atom. The highest BCUT2D eigenvalue weighted by Crippen LogP contribution is 2.21. The fourth-order valence-electron chi connectivity index (χ4n) is 3.41. The van der Waals surface area contributed by atoms with Crippen LogP contribution in [0.25, 0.3) is 0 Å². The van der Waals surface area contributed by atoms with Crippen molar-refractivity contribution in [3.05, 3.63) is 35.9 Å². The van der Waals surface area contributed by atoms with Crippen molar-refractivity contribution in [3.63, 3.8) is 0 Å². The van der Waals surface area contributed by atoms with Gasteiger partial charge in [0.2, 0.25) is 11.8 Å². The van der Waals surface area contributed by atoms with Gasteiger partial charge in [-0.2, -0.15) is 0 Å². The first kappa shape index (κ1) is 21.9. The van der Waals surface area contributed by atoms with Gasteiger partial charge < -0.3 is 14.5 Å². The molecule has 1 aromatic carbocycles. The monoisotopic (exact) mass is 388 g/mol. The number of benzene rings is 1. The van der Waals surface area contributed by atoms with Gasteiger partial charge >= 0.3 is 5.97 Å². The number of hydrogen-bond acceptors (Lipinski definition) is 4. The van der Waals surface area contributed by atoms with Crippen molar-refractivity contribution in [3.8, 4) is 0 Å². The maximum absolute atomic E-state index is 12.8. The molecule has 6 heteroatoms. The van der Waals surface area contributed by atoms with Gasteiger partial charge in [0.1, 0.15) is 11.6 Å². The summed E-state index contributed by atoms with van der Waals surface area (Å²) in [6.45, 7) is 6.59. The number of amides is 2. The van der Waals surface area contributed by atoms with E-state index in [2.05, 4.69) is 0 Å². The number of esters is 1. The highest BCUT2D eigenvalue weighted by molar-refractivity contribution is 5.89. The van der Waals surface area contributed by atoms with Crippen LogP contribution in [0.3, 0.4) is 0 Å². The van der Waals surface area contributed by atoms with Crippen molar-refractivity contribution < 1.29 is 19.1 Å². The molecule has 1 atom stereocenters. The van der Waals surface area contributed by atoms with Crippen molar-refractivity contribution in [2.24, 2.45) is 0 Å².